The van der Waals surface area contributed by atoms with Gasteiger partial charge in [0.25, 0.3) is 0 Å². The van der Waals surface area contributed by atoms with E-state index in [2.05, 4.69) is 50.0 Å². The predicted octanol–water partition coefficient (Wildman–Crippen LogP) is 3.56. The summed E-state index contributed by atoms with van der Waals surface area (Å²) in [5, 5.41) is 3.59. The van der Waals surface area contributed by atoms with Gasteiger partial charge in [0, 0.05) is 16.3 Å². The average Bonchev–Trinajstić information content (AvgIpc) is 2.79. The SMILES string of the molecule is Cc1ccc(C2NC(CC(C)C)C(=O)N2CC2CC2C)s1. The number of aryl methyl sites for hydroxylation is 1. The van der Waals surface area contributed by atoms with Crippen molar-refractivity contribution in [3.63, 3.8) is 0 Å². The van der Waals surface area contributed by atoms with E-state index in [1.807, 2.05) is 0 Å². The van der Waals surface area contributed by atoms with Crippen molar-refractivity contribution in [2.75, 3.05) is 6.54 Å². The third kappa shape index (κ3) is 3.16. The molecule has 0 bridgehead atoms. The molecule has 1 aromatic rings. The molecule has 2 heterocycles. The number of carbonyl (C=O) groups is 1. The van der Waals surface area contributed by atoms with Crippen LogP contribution in [-0.4, -0.2) is 23.4 Å². The molecule has 1 aliphatic heterocycles. The molecule has 1 saturated carbocycles. The van der Waals surface area contributed by atoms with Gasteiger partial charge in [-0.15, -0.1) is 11.3 Å². The molecule has 4 unspecified atom stereocenters. The van der Waals surface area contributed by atoms with Crippen LogP contribution in [0.1, 0.15) is 49.5 Å². The minimum Gasteiger partial charge on any atom is -0.320 e. The van der Waals surface area contributed by atoms with Gasteiger partial charge in [0.1, 0.15) is 6.17 Å². The standard InChI is InChI=1S/C17H26N2OS/c1-10(2)7-14-17(20)19(9-13-8-11(13)3)16(18-14)15-6-5-12(4)21-15/h5-6,10-11,13-14,16,18H,7-9H2,1-4H3. The average molecular weight is 306 g/mol. The van der Waals surface area contributed by atoms with Crippen molar-refractivity contribution in [2.24, 2.45) is 17.8 Å². The van der Waals surface area contributed by atoms with Crippen molar-refractivity contribution in [3.8, 4) is 0 Å². The Labute approximate surface area is 131 Å². The highest BCUT2D eigenvalue weighted by molar-refractivity contribution is 7.12. The molecule has 1 aromatic heterocycles. The normalized spacial score (nSPS) is 32.2. The predicted molar refractivity (Wildman–Crippen MR) is 87.2 cm³/mol. The molecule has 3 rings (SSSR count). The molecule has 1 amide bonds. The van der Waals surface area contributed by atoms with Crippen molar-refractivity contribution < 1.29 is 4.79 Å². The highest BCUT2D eigenvalue weighted by atomic mass is 32.1. The third-order valence-electron chi connectivity index (χ3n) is 4.70. The van der Waals surface area contributed by atoms with E-state index in [4.69, 9.17) is 0 Å². The topological polar surface area (TPSA) is 32.3 Å². The Hall–Kier alpha value is -0.870. The highest BCUT2D eigenvalue weighted by Crippen LogP contribution is 2.41. The molecule has 2 fully saturated rings. The second-order valence-electron chi connectivity index (χ2n) is 7.16. The van der Waals surface area contributed by atoms with E-state index in [1.165, 1.54) is 16.2 Å². The number of nitrogens with zero attached hydrogens (tertiary/aromatic N) is 1. The van der Waals surface area contributed by atoms with E-state index in [1.54, 1.807) is 11.3 Å². The van der Waals surface area contributed by atoms with E-state index >= 15 is 0 Å². The quantitative estimate of drug-likeness (QED) is 0.902. The van der Waals surface area contributed by atoms with Crippen LogP contribution >= 0.6 is 11.3 Å². The van der Waals surface area contributed by atoms with Crippen LogP contribution in [0.2, 0.25) is 0 Å². The molecule has 1 aliphatic carbocycles. The summed E-state index contributed by atoms with van der Waals surface area (Å²) in [5.41, 5.74) is 0. The zero-order chi connectivity index (χ0) is 15.1. The van der Waals surface area contributed by atoms with Crippen LogP contribution in [0, 0.1) is 24.7 Å². The van der Waals surface area contributed by atoms with E-state index in [9.17, 15) is 4.79 Å². The van der Waals surface area contributed by atoms with E-state index in [0.717, 1.165) is 18.9 Å². The van der Waals surface area contributed by atoms with Gasteiger partial charge < -0.3 is 4.90 Å². The van der Waals surface area contributed by atoms with Gasteiger partial charge in [-0.05, 0) is 49.7 Å². The molecule has 116 valence electrons. The molecule has 1 N–H and O–H groups in total. The van der Waals surface area contributed by atoms with Crippen molar-refractivity contribution in [1.29, 1.82) is 0 Å². The summed E-state index contributed by atoms with van der Waals surface area (Å²) in [4.78, 5) is 17.5. The van der Waals surface area contributed by atoms with Crippen LogP contribution in [0.5, 0.6) is 0 Å². The van der Waals surface area contributed by atoms with Crippen LogP contribution in [0.25, 0.3) is 0 Å². The summed E-state index contributed by atoms with van der Waals surface area (Å²) in [6.45, 7) is 9.71. The molecule has 0 spiro atoms. The molecule has 4 atom stereocenters. The number of thiophene rings is 1. The Balaban J connectivity index is 1.79. The first-order valence-electron chi connectivity index (χ1n) is 8.08. The van der Waals surface area contributed by atoms with Gasteiger partial charge in [0.05, 0.1) is 6.04 Å². The zero-order valence-electron chi connectivity index (χ0n) is 13.4. The fourth-order valence-electron chi connectivity index (χ4n) is 3.26. The lowest BCUT2D eigenvalue weighted by molar-refractivity contribution is -0.130. The van der Waals surface area contributed by atoms with Crippen LogP contribution in [-0.2, 0) is 4.79 Å². The Morgan fingerprint density at radius 2 is 2.14 bits per heavy atom. The van der Waals surface area contributed by atoms with E-state index in [-0.39, 0.29) is 12.2 Å². The number of nitrogens with one attached hydrogen (secondary N) is 1. The van der Waals surface area contributed by atoms with Crippen LogP contribution in [0.3, 0.4) is 0 Å². The van der Waals surface area contributed by atoms with Crippen molar-refractivity contribution >= 4 is 17.2 Å². The van der Waals surface area contributed by atoms with Gasteiger partial charge in [-0.1, -0.05) is 20.8 Å². The monoisotopic (exact) mass is 306 g/mol. The summed E-state index contributed by atoms with van der Waals surface area (Å²) in [7, 11) is 0. The second kappa shape index (κ2) is 5.73. The van der Waals surface area contributed by atoms with Crippen LogP contribution < -0.4 is 5.32 Å². The summed E-state index contributed by atoms with van der Waals surface area (Å²) in [6.07, 6.45) is 2.29. The van der Waals surface area contributed by atoms with Gasteiger partial charge in [-0.3, -0.25) is 10.1 Å². The third-order valence-corrected chi connectivity index (χ3v) is 5.75. The lowest BCUT2D eigenvalue weighted by Gasteiger charge is -2.23. The lowest BCUT2D eigenvalue weighted by Crippen LogP contribution is -2.33. The van der Waals surface area contributed by atoms with E-state index < -0.39 is 0 Å². The van der Waals surface area contributed by atoms with Crippen molar-refractivity contribution in [2.45, 2.75) is 52.7 Å². The molecule has 0 radical (unpaired) electrons. The Bertz CT molecular complexity index is 525. The molecule has 0 aromatic carbocycles. The van der Waals surface area contributed by atoms with Crippen molar-refractivity contribution in [3.05, 3.63) is 21.9 Å². The summed E-state index contributed by atoms with van der Waals surface area (Å²) in [5.74, 6) is 2.33. The fraction of sp³-hybridized carbons (Fsp3) is 0.706. The molecule has 21 heavy (non-hydrogen) atoms. The number of hydrogen-bond donors (Lipinski definition) is 1. The second-order valence-corrected chi connectivity index (χ2v) is 8.48. The molecule has 3 nitrogen and oxygen atoms in total. The molecular formula is C17H26N2OS. The van der Waals surface area contributed by atoms with Gasteiger partial charge in [-0.2, -0.15) is 0 Å². The van der Waals surface area contributed by atoms with E-state index in [0.29, 0.717) is 17.7 Å². The van der Waals surface area contributed by atoms with Gasteiger partial charge in [0.2, 0.25) is 5.91 Å². The molecular weight excluding hydrogens is 280 g/mol. The number of rotatable bonds is 5. The molecule has 2 aliphatic rings. The number of carbonyl (C=O) groups excluding carboxylic acids is 1. The van der Waals surface area contributed by atoms with Gasteiger partial charge in [0.15, 0.2) is 0 Å². The first-order valence-corrected chi connectivity index (χ1v) is 8.90. The van der Waals surface area contributed by atoms with Crippen molar-refractivity contribution in [1.82, 2.24) is 10.2 Å². The molecule has 1 saturated heterocycles. The Morgan fingerprint density at radius 3 is 2.67 bits per heavy atom. The smallest absolute Gasteiger partial charge is 0.241 e. The maximum atomic E-state index is 12.8. The first kappa shape index (κ1) is 15.0. The Kier molecular flexibility index (Phi) is 4.10. The van der Waals surface area contributed by atoms with Gasteiger partial charge >= 0.3 is 0 Å². The van der Waals surface area contributed by atoms with Crippen LogP contribution in [0.4, 0.5) is 0 Å². The van der Waals surface area contributed by atoms with Gasteiger partial charge in [-0.25, -0.2) is 0 Å². The zero-order valence-corrected chi connectivity index (χ0v) is 14.2. The maximum Gasteiger partial charge on any atom is 0.241 e. The summed E-state index contributed by atoms with van der Waals surface area (Å²) >= 11 is 1.80. The first-order chi connectivity index (χ1) is 9.95. The summed E-state index contributed by atoms with van der Waals surface area (Å²) < 4.78 is 0. The number of hydrogen-bond acceptors (Lipinski definition) is 3. The Morgan fingerprint density at radius 1 is 1.43 bits per heavy atom. The number of amides is 1. The highest BCUT2D eigenvalue weighted by Gasteiger charge is 2.44. The summed E-state index contributed by atoms with van der Waals surface area (Å²) in [6, 6.07) is 4.32. The maximum absolute atomic E-state index is 12.8. The minimum absolute atomic E-state index is 0.00791. The largest absolute Gasteiger partial charge is 0.320 e. The van der Waals surface area contributed by atoms with Crippen LogP contribution in [0.15, 0.2) is 12.1 Å². The minimum atomic E-state index is -0.00791. The lowest BCUT2D eigenvalue weighted by atomic mass is 10.0. The molecule has 4 heteroatoms. The fourth-order valence-corrected chi connectivity index (χ4v) is 4.21.